The molecule has 5 nitrogen and oxygen atoms in total. The molecule has 0 aliphatic carbocycles. The molecule has 3 rings (SSSR count). The summed E-state index contributed by atoms with van der Waals surface area (Å²) in [7, 11) is 0. The number of carbonyl (C=O) groups excluding carboxylic acids is 3. The van der Waals surface area contributed by atoms with Crippen LogP contribution in [-0.4, -0.2) is 28.8 Å². The molecular formula is C22H22N2O3S. The predicted molar refractivity (Wildman–Crippen MR) is 112 cm³/mol. The third kappa shape index (κ3) is 6.09. The van der Waals surface area contributed by atoms with Crippen LogP contribution in [0.5, 0.6) is 0 Å². The maximum atomic E-state index is 11.9. The molecule has 0 bridgehead atoms. The number of rotatable bonds is 8. The molecule has 1 aliphatic heterocycles. The number of hydrogen-bond acceptors (Lipinski definition) is 4. The summed E-state index contributed by atoms with van der Waals surface area (Å²) in [5.41, 5.74) is 3.21. The van der Waals surface area contributed by atoms with Crippen LogP contribution in [0.15, 0.2) is 60.7 Å². The zero-order valence-electron chi connectivity index (χ0n) is 15.4. The summed E-state index contributed by atoms with van der Waals surface area (Å²) in [6.45, 7) is 0.576. The second-order valence-corrected chi connectivity index (χ2v) is 7.70. The molecule has 2 N–H and O–H groups in total. The van der Waals surface area contributed by atoms with E-state index in [2.05, 4.69) is 10.6 Å². The molecule has 0 saturated carbocycles. The Hall–Kier alpha value is -2.86. The van der Waals surface area contributed by atoms with Crippen LogP contribution in [0.4, 0.5) is 4.79 Å². The third-order valence-electron chi connectivity index (χ3n) is 4.36. The monoisotopic (exact) mass is 394 g/mol. The third-order valence-corrected chi connectivity index (χ3v) is 5.34. The Morgan fingerprint density at radius 3 is 2.43 bits per heavy atom. The van der Waals surface area contributed by atoms with E-state index in [0.29, 0.717) is 19.4 Å². The Bertz CT molecular complexity index is 863. The van der Waals surface area contributed by atoms with Gasteiger partial charge in [-0.05, 0) is 29.5 Å². The maximum absolute atomic E-state index is 11.9. The first-order chi connectivity index (χ1) is 13.6. The lowest BCUT2D eigenvalue weighted by Gasteiger charge is -2.07. The van der Waals surface area contributed by atoms with Gasteiger partial charge in [-0.2, -0.15) is 0 Å². The van der Waals surface area contributed by atoms with Crippen LogP contribution in [-0.2, 0) is 22.4 Å². The van der Waals surface area contributed by atoms with Crippen LogP contribution in [0.25, 0.3) is 6.08 Å². The number of nitrogens with one attached hydrogen (secondary N) is 2. The molecule has 0 spiro atoms. The van der Waals surface area contributed by atoms with Crippen molar-refractivity contribution >= 4 is 34.9 Å². The minimum absolute atomic E-state index is 0.00209. The maximum Gasteiger partial charge on any atom is 0.286 e. The highest BCUT2D eigenvalue weighted by atomic mass is 32.2. The number of hydrogen-bond donors (Lipinski definition) is 2. The van der Waals surface area contributed by atoms with Gasteiger partial charge in [-0.25, -0.2) is 0 Å². The van der Waals surface area contributed by atoms with E-state index >= 15 is 0 Å². The lowest BCUT2D eigenvalue weighted by molar-refractivity contribution is -0.120. The molecule has 0 radical (unpaired) electrons. The van der Waals surface area contributed by atoms with Gasteiger partial charge in [0, 0.05) is 13.0 Å². The number of carbonyl (C=O) groups is 3. The smallest absolute Gasteiger partial charge is 0.286 e. The average Bonchev–Trinajstić information content (AvgIpc) is 3.01. The summed E-state index contributed by atoms with van der Waals surface area (Å²) >= 11 is 1.04. The number of imide groups is 1. The van der Waals surface area contributed by atoms with Gasteiger partial charge in [0.25, 0.3) is 5.24 Å². The van der Waals surface area contributed by atoms with Gasteiger partial charge in [0.1, 0.15) is 0 Å². The van der Waals surface area contributed by atoms with Crippen molar-refractivity contribution < 1.29 is 14.4 Å². The van der Waals surface area contributed by atoms with E-state index in [4.69, 9.17) is 0 Å². The highest BCUT2D eigenvalue weighted by Crippen LogP contribution is 2.23. The average molecular weight is 394 g/mol. The molecule has 1 aliphatic rings. The highest BCUT2D eigenvalue weighted by molar-refractivity contribution is 8.15. The zero-order valence-corrected chi connectivity index (χ0v) is 16.2. The fourth-order valence-electron chi connectivity index (χ4n) is 2.87. The van der Waals surface area contributed by atoms with Gasteiger partial charge in [-0.1, -0.05) is 78.5 Å². The fraction of sp³-hybridized carbons (Fsp3) is 0.227. The van der Waals surface area contributed by atoms with Crippen molar-refractivity contribution in [1.29, 1.82) is 0 Å². The second-order valence-electron chi connectivity index (χ2n) is 6.52. The lowest BCUT2D eigenvalue weighted by atomic mass is 10.1. The Kier molecular flexibility index (Phi) is 7.03. The normalized spacial score (nSPS) is 16.4. The van der Waals surface area contributed by atoms with E-state index in [1.807, 2.05) is 66.7 Å². The highest BCUT2D eigenvalue weighted by Gasteiger charge is 2.31. The summed E-state index contributed by atoms with van der Waals surface area (Å²) in [6.07, 6.45) is 5.43. The van der Waals surface area contributed by atoms with Crippen molar-refractivity contribution in [2.45, 2.75) is 24.5 Å². The fourth-order valence-corrected chi connectivity index (χ4v) is 3.73. The predicted octanol–water partition coefficient (Wildman–Crippen LogP) is 3.34. The first-order valence-corrected chi connectivity index (χ1v) is 10.1. The molecule has 2 aromatic rings. The van der Waals surface area contributed by atoms with Gasteiger partial charge in [0.05, 0.1) is 5.25 Å². The van der Waals surface area contributed by atoms with Crippen molar-refractivity contribution in [3.8, 4) is 0 Å². The summed E-state index contributed by atoms with van der Waals surface area (Å²) in [5.74, 6) is -0.221. The van der Waals surface area contributed by atoms with Gasteiger partial charge in [-0.15, -0.1) is 0 Å². The van der Waals surface area contributed by atoms with Gasteiger partial charge in [0.2, 0.25) is 11.8 Å². The molecule has 28 heavy (non-hydrogen) atoms. The van der Waals surface area contributed by atoms with E-state index in [-0.39, 0.29) is 22.3 Å². The first-order valence-electron chi connectivity index (χ1n) is 9.18. The summed E-state index contributed by atoms with van der Waals surface area (Å²) < 4.78 is 0. The molecule has 1 unspecified atom stereocenters. The van der Waals surface area contributed by atoms with Crippen molar-refractivity contribution in [2.24, 2.45) is 0 Å². The lowest BCUT2D eigenvalue weighted by Crippen LogP contribution is -2.25. The molecule has 2 aromatic carbocycles. The molecule has 1 saturated heterocycles. The van der Waals surface area contributed by atoms with E-state index in [1.165, 1.54) is 0 Å². The number of benzene rings is 2. The van der Waals surface area contributed by atoms with Crippen molar-refractivity contribution in [3.63, 3.8) is 0 Å². The van der Waals surface area contributed by atoms with Crippen molar-refractivity contribution in [1.82, 2.24) is 10.6 Å². The number of thioether (sulfide) groups is 1. The van der Waals surface area contributed by atoms with Crippen LogP contribution >= 0.6 is 11.8 Å². The molecule has 1 fully saturated rings. The molecule has 6 heteroatoms. The summed E-state index contributed by atoms with van der Waals surface area (Å²) in [5, 5.41) is 4.60. The van der Waals surface area contributed by atoms with E-state index in [0.717, 1.165) is 34.9 Å². The van der Waals surface area contributed by atoms with Crippen LogP contribution in [0.2, 0.25) is 0 Å². The Morgan fingerprint density at radius 2 is 1.75 bits per heavy atom. The van der Waals surface area contributed by atoms with Gasteiger partial charge >= 0.3 is 0 Å². The molecule has 0 aromatic heterocycles. The SMILES string of the molecule is O=C(C/C=C/c1ccccc1)NCCc1ccc(CC2SC(=O)NC2=O)cc1. The van der Waals surface area contributed by atoms with Crippen LogP contribution in [0.3, 0.4) is 0 Å². The molecular weight excluding hydrogens is 372 g/mol. The molecule has 144 valence electrons. The van der Waals surface area contributed by atoms with Crippen LogP contribution in [0, 0.1) is 0 Å². The number of amides is 3. The van der Waals surface area contributed by atoms with E-state index in [9.17, 15) is 14.4 Å². The summed E-state index contributed by atoms with van der Waals surface area (Å²) in [4.78, 5) is 34.7. The summed E-state index contributed by atoms with van der Waals surface area (Å²) in [6, 6.07) is 17.8. The van der Waals surface area contributed by atoms with Crippen molar-refractivity contribution in [2.75, 3.05) is 6.54 Å². The zero-order chi connectivity index (χ0) is 19.8. The Labute approximate surface area is 168 Å². The van der Waals surface area contributed by atoms with E-state index < -0.39 is 0 Å². The van der Waals surface area contributed by atoms with Gasteiger partial charge in [0.15, 0.2) is 0 Å². The van der Waals surface area contributed by atoms with Crippen LogP contribution in [0.1, 0.15) is 23.1 Å². The quantitative estimate of drug-likeness (QED) is 0.720. The minimum Gasteiger partial charge on any atom is -0.356 e. The molecule has 1 heterocycles. The van der Waals surface area contributed by atoms with Gasteiger partial charge < -0.3 is 5.32 Å². The van der Waals surface area contributed by atoms with E-state index in [1.54, 1.807) is 0 Å². The topological polar surface area (TPSA) is 75.3 Å². The Morgan fingerprint density at radius 1 is 1.04 bits per heavy atom. The largest absolute Gasteiger partial charge is 0.356 e. The first kappa shape index (κ1) is 19.9. The molecule has 3 amide bonds. The minimum atomic E-state index is -0.346. The second kappa shape index (κ2) is 9.90. The van der Waals surface area contributed by atoms with Gasteiger partial charge in [-0.3, -0.25) is 19.7 Å². The molecule has 1 atom stereocenters. The standard InChI is InChI=1S/C22H22N2O3S/c25-20(8-4-7-16-5-2-1-3-6-16)23-14-13-17-9-11-18(12-10-17)15-19-21(26)24-22(27)28-19/h1-7,9-12,19H,8,13-15H2,(H,23,25)(H,24,26,27)/b7-4+. The Balaban J connectivity index is 1.37. The van der Waals surface area contributed by atoms with Crippen molar-refractivity contribution in [3.05, 3.63) is 77.4 Å². The van der Waals surface area contributed by atoms with Crippen LogP contribution < -0.4 is 10.6 Å².